The Morgan fingerprint density at radius 3 is 2.86 bits per heavy atom. The van der Waals surface area contributed by atoms with Crippen LogP contribution in [0.4, 0.5) is 5.69 Å². The van der Waals surface area contributed by atoms with E-state index in [4.69, 9.17) is 22.1 Å². The van der Waals surface area contributed by atoms with E-state index in [1.807, 2.05) is 32.0 Å². The molecule has 0 saturated carbocycles. The number of hydrogen-bond acceptors (Lipinski definition) is 2. The van der Waals surface area contributed by atoms with Crippen LogP contribution in [0.2, 0.25) is 0 Å². The number of nitrogen functional groups attached to an aromatic ring is 1. The van der Waals surface area contributed by atoms with Gasteiger partial charge in [-0.1, -0.05) is 11.6 Å². The van der Waals surface area contributed by atoms with E-state index in [1.54, 1.807) is 0 Å². The lowest BCUT2D eigenvalue weighted by Gasteiger charge is -2.09. The van der Waals surface area contributed by atoms with Crippen LogP contribution in [0.1, 0.15) is 12.5 Å². The summed E-state index contributed by atoms with van der Waals surface area (Å²) in [5.41, 5.74) is 9.91. The maximum atomic E-state index is 5.62. The van der Waals surface area contributed by atoms with E-state index in [2.05, 4.69) is 0 Å². The average Bonchev–Trinajstić information content (AvgIpc) is 2.16. The summed E-state index contributed by atoms with van der Waals surface area (Å²) in [6.07, 6.45) is 0. The first-order valence-corrected chi connectivity index (χ1v) is 4.82. The molecule has 0 fully saturated rings. The van der Waals surface area contributed by atoms with Crippen LogP contribution in [0.3, 0.4) is 0 Å². The van der Waals surface area contributed by atoms with Crippen LogP contribution in [0, 0.1) is 6.92 Å². The zero-order valence-corrected chi connectivity index (χ0v) is 9.14. The van der Waals surface area contributed by atoms with Gasteiger partial charge in [-0.05, 0) is 43.2 Å². The monoisotopic (exact) mass is 211 g/mol. The van der Waals surface area contributed by atoms with Crippen LogP contribution in [0.25, 0.3) is 0 Å². The van der Waals surface area contributed by atoms with Gasteiger partial charge in [0, 0.05) is 11.2 Å². The highest BCUT2D eigenvalue weighted by Gasteiger charge is 1.99. The number of rotatable bonds is 3. The van der Waals surface area contributed by atoms with Crippen molar-refractivity contribution in [1.29, 1.82) is 0 Å². The summed E-state index contributed by atoms with van der Waals surface area (Å²) in [4.78, 5) is 0. The third-order valence-electron chi connectivity index (χ3n) is 1.84. The van der Waals surface area contributed by atoms with Crippen LogP contribution in [-0.4, -0.2) is 6.61 Å². The van der Waals surface area contributed by atoms with Gasteiger partial charge in [0.15, 0.2) is 0 Å². The van der Waals surface area contributed by atoms with Crippen molar-refractivity contribution in [2.45, 2.75) is 13.8 Å². The first kappa shape index (κ1) is 10.9. The van der Waals surface area contributed by atoms with Crippen molar-refractivity contribution >= 4 is 17.3 Å². The molecule has 0 bridgehead atoms. The molecule has 0 aliphatic carbocycles. The molecule has 0 atom stereocenters. The summed E-state index contributed by atoms with van der Waals surface area (Å²) < 4.78 is 5.54. The van der Waals surface area contributed by atoms with Gasteiger partial charge in [0.1, 0.15) is 12.4 Å². The van der Waals surface area contributed by atoms with Crippen molar-refractivity contribution < 1.29 is 4.74 Å². The molecule has 0 heterocycles. The van der Waals surface area contributed by atoms with Gasteiger partial charge in [-0.15, -0.1) is 0 Å². The summed E-state index contributed by atoms with van der Waals surface area (Å²) in [6.45, 7) is 4.39. The number of benzene rings is 1. The maximum Gasteiger partial charge on any atom is 0.122 e. The largest absolute Gasteiger partial charge is 0.489 e. The van der Waals surface area contributed by atoms with Gasteiger partial charge in [0.2, 0.25) is 0 Å². The number of halogens is 1. The molecule has 1 rings (SSSR count). The number of ether oxygens (including phenoxy) is 1. The smallest absolute Gasteiger partial charge is 0.122 e. The second kappa shape index (κ2) is 4.91. The fraction of sp³-hybridized carbons (Fsp3) is 0.273. The molecule has 2 N–H and O–H groups in total. The fourth-order valence-corrected chi connectivity index (χ4v) is 1.12. The van der Waals surface area contributed by atoms with Crippen LogP contribution in [0.5, 0.6) is 5.75 Å². The Labute approximate surface area is 89.3 Å². The molecule has 2 nitrogen and oxygen atoms in total. The third kappa shape index (κ3) is 2.96. The van der Waals surface area contributed by atoms with Crippen molar-refractivity contribution in [3.63, 3.8) is 0 Å². The normalized spacial score (nSPS) is 11.5. The maximum absolute atomic E-state index is 5.62. The van der Waals surface area contributed by atoms with E-state index in [0.717, 1.165) is 22.6 Å². The highest BCUT2D eigenvalue weighted by atomic mass is 35.5. The molecule has 0 radical (unpaired) electrons. The first-order valence-electron chi connectivity index (χ1n) is 4.38. The van der Waals surface area contributed by atoms with Crippen LogP contribution in [0.15, 0.2) is 29.3 Å². The van der Waals surface area contributed by atoms with Crippen molar-refractivity contribution in [1.82, 2.24) is 0 Å². The van der Waals surface area contributed by atoms with Crippen molar-refractivity contribution in [3.8, 4) is 5.75 Å². The molecule has 0 spiro atoms. The molecule has 1 aromatic carbocycles. The minimum absolute atomic E-state index is 0.508. The molecule has 76 valence electrons. The molecule has 0 saturated heterocycles. The summed E-state index contributed by atoms with van der Waals surface area (Å²) in [6, 6.07) is 5.57. The topological polar surface area (TPSA) is 35.2 Å². The second-order valence-electron chi connectivity index (χ2n) is 3.27. The highest BCUT2D eigenvalue weighted by Crippen LogP contribution is 2.20. The molecule has 0 aliphatic rings. The lowest BCUT2D eigenvalue weighted by molar-refractivity contribution is 0.350. The lowest BCUT2D eigenvalue weighted by Crippen LogP contribution is -2.00. The van der Waals surface area contributed by atoms with Crippen molar-refractivity contribution in [2.24, 2.45) is 0 Å². The molecular weight excluding hydrogens is 198 g/mol. The predicted octanol–water partition coefficient (Wildman–Crippen LogP) is 3.10. The van der Waals surface area contributed by atoms with E-state index in [1.165, 1.54) is 5.54 Å². The second-order valence-corrected chi connectivity index (χ2v) is 3.49. The standard InChI is InChI=1S/C11H14ClNO/c1-8(6-12)7-14-11-4-3-10(13)5-9(11)2/h3-6H,7,13H2,1-2H3/b8-6-. The predicted molar refractivity (Wildman–Crippen MR) is 60.7 cm³/mol. The van der Waals surface area contributed by atoms with Crippen LogP contribution < -0.4 is 10.5 Å². The summed E-state index contributed by atoms with van der Waals surface area (Å²) in [5, 5.41) is 0. The minimum Gasteiger partial charge on any atom is -0.489 e. The Hall–Kier alpha value is -1.15. The number of anilines is 1. The van der Waals surface area contributed by atoms with E-state index in [9.17, 15) is 0 Å². The molecule has 0 aliphatic heterocycles. The zero-order chi connectivity index (χ0) is 10.6. The van der Waals surface area contributed by atoms with E-state index < -0.39 is 0 Å². The van der Waals surface area contributed by atoms with Gasteiger partial charge in [0.05, 0.1) is 0 Å². The fourth-order valence-electron chi connectivity index (χ4n) is 1.06. The Bertz CT molecular complexity index is 347. The molecule has 0 amide bonds. The quantitative estimate of drug-likeness (QED) is 0.780. The van der Waals surface area contributed by atoms with E-state index >= 15 is 0 Å². The Kier molecular flexibility index (Phi) is 3.84. The molecule has 0 aromatic heterocycles. The SMILES string of the molecule is C/C(=C/Cl)COc1ccc(N)cc1C. The van der Waals surface area contributed by atoms with Crippen LogP contribution in [-0.2, 0) is 0 Å². The number of aryl methyl sites for hydroxylation is 1. The zero-order valence-electron chi connectivity index (χ0n) is 8.38. The average molecular weight is 212 g/mol. The van der Waals surface area contributed by atoms with Gasteiger partial charge in [0.25, 0.3) is 0 Å². The van der Waals surface area contributed by atoms with Gasteiger partial charge in [-0.3, -0.25) is 0 Å². The van der Waals surface area contributed by atoms with Crippen molar-refractivity contribution in [2.75, 3.05) is 12.3 Å². The number of hydrogen-bond donors (Lipinski definition) is 1. The first-order chi connectivity index (χ1) is 6.63. The van der Waals surface area contributed by atoms with Gasteiger partial charge < -0.3 is 10.5 Å². The van der Waals surface area contributed by atoms with Gasteiger partial charge >= 0.3 is 0 Å². The Balaban J connectivity index is 2.68. The van der Waals surface area contributed by atoms with E-state index in [-0.39, 0.29) is 0 Å². The Morgan fingerprint density at radius 2 is 2.29 bits per heavy atom. The summed E-state index contributed by atoms with van der Waals surface area (Å²) in [7, 11) is 0. The number of nitrogens with two attached hydrogens (primary N) is 1. The Morgan fingerprint density at radius 1 is 1.57 bits per heavy atom. The molecule has 1 aromatic rings. The molecule has 0 unspecified atom stereocenters. The third-order valence-corrected chi connectivity index (χ3v) is 2.21. The van der Waals surface area contributed by atoms with Crippen LogP contribution >= 0.6 is 11.6 Å². The van der Waals surface area contributed by atoms with Crippen molar-refractivity contribution in [3.05, 3.63) is 34.9 Å². The van der Waals surface area contributed by atoms with Gasteiger partial charge in [-0.25, -0.2) is 0 Å². The molecule has 14 heavy (non-hydrogen) atoms. The van der Waals surface area contributed by atoms with Gasteiger partial charge in [-0.2, -0.15) is 0 Å². The lowest BCUT2D eigenvalue weighted by atomic mass is 10.2. The minimum atomic E-state index is 0.508. The molecular formula is C11H14ClNO. The highest BCUT2D eigenvalue weighted by molar-refractivity contribution is 6.25. The summed E-state index contributed by atoms with van der Waals surface area (Å²) in [5.74, 6) is 0.845. The molecule has 3 heteroatoms. The van der Waals surface area contributed by atoms with E-state index in [0.29, 0.717) is 6.61 Å². The summed E-state index contributed by atoms with van der Waals surface area (Å²) >= 11 is 5.52.